The molecule has 0 bridgehead atoms. The number of nitrogens with one attached hydrogen (secondary N) is 1. The van der Waals surface area contributed by atoms with E-state index in [0.717, 1.165) is 35.4 Å². The van der Waals surface area contributed by atoms with Crippen molar-refractivity contribution in [3.05, 3.63) is 65.0 Å². The third-order valence-corrected chi connectivity index (χ3v) is 3.58. The lowest BCUT2D eigenvalue weighted by molar-refractivity contribution is 0.414. The average Bonchev–Trinajstić information content (AvgIpc) is 2.48. The molecule has 0 spiro atoms. The molecule has 1 unspecified atom stereocenters. The summed E-state index contributed by atoms with van der Waals surface area (Å²) in [6.45, 7) is 4.74. The predicted molar refractivity (Wildman–Crippen MR) is 84.3 cm³/mol. The van der Waals surface area contributed by atoms with E-state index >= 15 is 0 Å². The Morgan fingerprint density at radius 1 is 1.14 bits per heavy atom. The minimum atomic E-state index is -0.144. The van der Waals surface area contributed by atoms with E-state index in [1.165, 1.54) is 0 Å². The van der Waals surface area contributed by atoms with Gasteiger partial charge in [-0.1, -0.05) is 31.2 Å². The van der Waals surface area contributed by atoms with Gasteiger partial charge in [0.15, 0.2) is 0 Å². The van der Waals surface area contributed by atoms with E-state index in [1.54, 1.807) is 13.2 Å². The number of benzene rings is 2. The Kier molecular flexibility index (Phi) is 5.34. The van der Waals surface area contributed by atoms with Crippen LogP contribution in [0.3, 0.4) is 0 Å². The molecular formula is C18H22FNO. The second-order valence-corrected chi connectivity index (χ2v) is 5.19. The molecule has 2 aromatic carbocycles. The summed E-state index contributed by atoms with van der Waals surface area (Å²) in [4.78, 5) is 0. The van der Waals surface area contributed by atoms with Gasteiger partial charge in [0.2, 0.25) is 0 Å². The van der Waals surface area contributed by atoms with Crippen LogP contribution in [0.5, 0.6) is 5.75 Å². The Morgan fingerprint density at radius 3 is 2.43 bits per heavy atom. The highest BCUT2D eigenvalue weighted by atomic mass is 19.1. The van der Waals surface area contributed by atoms with Gasteiger partial charge >= 0.3 is 0 Å². The summed E-state index contributed by atoms with van der Waals surface area (Å²) in [7, 11) is 1.65. The zero-order valence-corrected chi connectivity index (χ0v) is 12.8. The first-order valence-corrected chi connectivity index (χ1v) is 7.26. The maximum atomic E-state index is 14.2. The van der Waals surface area contributed by atoms with Crippen LogP contribution in [0.1, 0.15) is 29.7 Å². The zero-order valence-electron chi connectivity index (χ0n) is 12.8. The molecule has 2 aromatic rings. The van der Waals surface area contributed by atoms with Gasteiger partial charge in [0.05, 0.1) is 7.11 Å². The van der Waals surface area contributed by atoms with E-state index in [1.807, 2.05) is 50.2 Å². The lowest BCUT2D eigenvalue weighted by atomic mass is 9.97. The molecule has 1 atom stereocenters. The average molecular weight is 287 g/mol. The number of methoxy groups -OCH3 is 1. The molecule has 3 heteroatoms. The number of rotatable bonds is 6. The van der Waals surface area contributed by atoms with Crippen LogP contribution in [0.15, 0.2) is 42.5 Å². The van der Waals surface area contributed by atoms with Gasteiger partial charge in [-0.25, -0.2) is 4.39 Å². The fourth-order valence-electron chi connectivity index (χ4n) is 2.45. The van der Waals surface area contributed by atoms with Crippen molar-refractivity contribution in [1.29, 1.82) is 0 Å². The molecular weight excluding hydrogens is 265 g/mol. The molecule has 0 radical (unpaired) electrons. The highest BCUT2D eigenvalue weighted by Gasteiger charge is 2.15. The van der Waals surface area contributed by atoms with Crippen molar-refractivity contribution in [2.45, 2.75) is 26.3 Å². The number of likely N-dealkylation sites (N-methyl/N-ethyl adjacent to an activating group) is 1. The molecule has 0 heterocycles. The van der Waals surface area contributed by atoms with Crippen molar-refractivity contribution in [1.82, 2.24) is 5.32 Å². The Morgan fingerprint density at radius 2 is 1.86 bits per heavy atom. The van der Waals surface area contributed by atoms with Gasteiger partial charge in [-0.2, -0.15) is 0 Å². The molecule has 0 saturated carbocycles. The van der Waals surface area contributed by atoms with E-state index in [-0.39, 0.29) is 11.9 Å². The summed E-state index contributed by atoms with van der Waals surface area (Å²) in [6.07, 6.45) is 0.748. The number of ether oxygens (including phenoxy) is 1. The molecule has 0 saturated heterocycles. The lowest BCUT2D eigenvalue weighted by Crippen LogP contribution is -2.24. The maximum absolute atomic E-state index is 14.2. The van der Waals surface area contributed by atoms with Gasteiger partial charge < -0.3 is 10.1 Å². The van der Waals surface area contributed by atoms with Gasteiger partial charge in [-0.15, -0.1) is 0 Å². The smallest absolute Gasteiger partial charge is 0.128 e. The number of hydrogen-bond acceptors (Lipinski definition) is 2. The van der Waals surface area contributed by atoms with Crippen molar-refractivity contribution in [2.24, 2.45) is 0 Å². The van der Waals surface area contributed by atoms with Crippen LogP contribution in [-0.2, 0) is 6.42 Å². The highest BCUT2D eigenvalue weighted by molar-refractivity contribution is 5.31. The van der Waals surface area contributed by atoms with Gasteiger partial charge in [0.25, 0.3) is 0 Å². The maximum Gasteiger partial charge on any atom is 0.128 e. The monoisotopic (exact) mass is 287 g/mol. The topological polar surface area (TPSA) is 21.3 Å². The van der Waals surface area contributed by atoms with Crippen LogP contribution in [0.2, 0.25) is 0 Å². The Bertz CT molecular complexity index is 580. The zero-order chi connectivity index (χ0) is 15.2. The Labute approximate surface area is 126 Å². The summed E-state index contributed by atoms with van der Waals surface area (Å²) in [5, 5.41) is 3.37. The van der Waals surface area contributed by atoms with Crippen LogP contribution in [0.4, 0.5) is 4.39 Å². The van der Waals surface area contributed by atoms with E-state index in [4.69, 9.17) is 4.74 Å². The van der Waals surface area contributed by atoms with Crippen LogP contribution >= 0.6 is 0 Å². The van der Waals surface area contributed by atoms with Crippen molar-refractivity contribution >= 4 is 0 Å². The first-order valence-electron chi connectivity index (χ1n) is 7.26. The van der Waals surface area contributed by atoms with E-state index in [0.29, 0.717) is 0 Å². The quantitative estimate of drug-likeness (QED) is 0.866. The van der Waals surface area contributed by atoms with Crippen LogP contribution in [-0.4, -0.2) is 13.7 Å². The third-order valence-electron chi connectivity index (χ3n) is 3.58. The second-order valence-electron chi connectivity index (χ2n) is 5.19. The molecule has 112 valence electrons. The lowest BCUT2D eigenvalue weighted by Gasteiger charge is -2.19. The Balaban J connectivity index is 2.21. The van der Waals surface area contributed by atoms with Gasteiger partial charge in [-0.3, -0.25) is 0 Å². The summed E-state index contributed by atoms with van der Waals surface area (Å²) in [6, 6.07) is 13.3. The summed E-state index contributed by atoms with van der Waals surface area (Å²) in [5.41, 5.74) is 2.82. The predicted octanol–water partition coefficient (Wildman–Crippen LogP) is 4.04. The first kappa shape index (κ1) is 15.5. The highest BCUT2D eigenvalue weighted by Crippen LogP contribution is 2.23. The number of hydrogen-bond donors (Lipinski definition) is 1. The largest absolute Gasteiger partial charge is 0.497 e. The minimum Gasteiger partial charge on any atom is -0.497 e. The molecule has 1 N–H and O–H groups in total. The van der Waals surface area contributed by atoms with Crippen molar-refractivity contribution in [3.8, 4) is 5.75 Å². The van der Waals surface area contributed by atoms with Crippen molar-refractivity contribution in [3.63, 3.8) is 0 Å². The first-order chi connectivity index (χ1) is 10.1. The van der Waals surface area contributed by atoms with Gasteiger partial charge in [0.1, 0.15) is 11.6 Å². The molecule has 2 rings (SSSR count). The molecule has 0 fully saturated rings. The second kappa shape index (κ2) is 7.23. The molecule has 0 aromatic heterocycles. The van der Waals surface area contributed by atoms with Crippen molar-refractivity contribution < 1.29 is 9.13 Å². The summed E-state index contributed by atoms with van der Waals surface area (Å²) >= 11 is 0. The van der Waals surface area contributed by atoms with E-state index in [9.17, 15) is 4.39 Å². The van der Waals surface area contributed by atoms with E-state index < -0.39 is 0 Å². The fourth-order valence-corrected chi connectivity index (χ4v) is 2.45. The molecule has 0 aliphatic heterocycles. The van der Waals surface area contributed by atoms with Gasteiger partial charge in [0, 0.05) is 11.6 Å². The molecule has 2 nitrogen and oxygen atoms in total. The summed E-state index contributed by atoms with van der Waals surface area (Å²) < 4.78 is 19.3. The van der Waals surface area contributed by atoms with Crippen LogP contribution in [0, 0.1) is 12.7 Å². The Hall–Kier alpha value is -1.87. The third kappa shape index (κ3) is 4.05. The SMILES string of the molecule is CCNC(Cc1ccc(OC)cc1)c1ccc(C)cc1F. The number of halogens is 1. The standard InChI is InChI=1S/C18H22FNO/c1-4-20-18(16-10-5-13(2)11-17(16)19)12-14-6-8-15(21-3)9-7-14/h5-11,18,20H,4,12H2,1-3H3. The summed E-state index contributed by atoms with van der Waals surface area (Å²) in [5.74, 6) is 0.690. The number of aryl methyl sites for hydroxylation is 1. The normalized spacial score (nSPS) is 12.2. The van der Waals surface area contributed by atoms with Gasteiger partial charge in [-0.05, 0) is 49.2 Å². The fraction of sp³-hybridized carbons (Fsp3) is 0.333. The molecule has 21 heavy (non-hydrogen) atoms. The molecule has 0 amide bonds. The van der Waals surface area contributed by atoms with Crippen LogP contribution in [0.25, 0.3) is 0 Å². The molecule has 0 aliphatic carbocycles. The molecule has 0 aliphatic rings. The van der Waals surface area contributed by atoms with E-state index in [2.05, 4.69) is 5.32 Å². The van der Waals surface area contributed by atoms with Crippen LogP contribution < -0.4 is 10.1 Å². The minimum absolute atomic E-state index is 0.0241. The van der Waals surface area contributed by atoms with Crippen molar-refractivity contribution in [2.75, 3.05) is 13.7 Å².